The van der Waals surface area contributed by atoms with Gasteiger partial charge in [0, 0.05) is 28.9 Å². The van der Waals surface area contributed by atoms with Crippen molar-refractivity contribution in [3.05, 3.63) is 81.3 Å². The molecule has 0 N–H and O–H groups in total. The quantitative estimate of drug-likeness (QED) is 0.525. The first-order valence-electron chi connectivity index (χ1n) is 8.53. The minimum absolute atomic E-state index is 0.213. The van der Waals surface area contributed by atoms with Gasteiger partial charge >= 0.3 is 0 Å². The summed E-state index contributed by atoms with van der Waals surface area (Å²) in [6.45, 7) is 0.261. The summed E-state index contributed by atoms with van der Waals surface area (Å²) in [6.07, 6.45) is 3.24. The highest BCUT2D eigenvalue weighted by Gasteiger charge is 2.26. The van der Waals surface area contributed by atoms with Crippen LogP contribution in [0, 0.1) is 11.3 Å². The number of thiophene rings is 1. The van der Waals surface area contributed by atoms with Gasteiger partial charge in [-0.1, -0.05) is 0 Å². The number of rotatable bonds is 2. The van der Waals surface area contributed by atoms with Gasteiger partial charge in [-0.25, -0.2) is 4.98 Å². The maximum absolute atomic E-state index is 13.5. The predicted octanol–water partition coefficient (Wildman–Crippen LogP) is 3.79. The van der Waals surface area contributed by atoms with E-state index < -0.39 is 0 Å². The van der Waals surface area contributed by atoms with Crippen molar-refractivity contribution in [1.82, 2.24) is 14.5 Å². The molecule has 0 unspecified atom stereocenters. The molecule has 0 spiro atoms. The summed E-state index contributed by atoms with van der Waals surface area (Å²) < 4.78 is 7.50. The first-order valence-corrected chi connectivity index (χ1v) is 9.47. The highest BCUT2D eigenvalue weighted by atomic mass is 32.1. The minimum Gasteiger partial charge on any atom is -0.485 e. The first-order chi connectivity index (χ1) is 13.8. The Morgan fingerprint density at radius 3 is 2.79 bits per heavy atom. The zero-order chi connectivity index (χ0) is 19.1. The zero-order valence-electron chi connectivity index (χ0n) is 14.5. The summed E-state index contributed by atoms with van der Waals surface area (Å²) >= 11 is 1.51. The number of pyridine rings is 3. The molecule has 0 fully saturated rings. The van der Waals surface area contributed by atoms with Crippen LogP contribution in [-0.2, 0) is 6.61 Å². The van der Waals surface area contributed by atoms with E-state index >= 15 is 0 Å². The lowest BCUT2D eigenvalue weighted by molar-refractivity contribution is 0.292. The molecule has 6 nitrogen and oxygen atoms in total. The minimum atomic E-state index is -0.218. The number of hydrogen-bond acceptors (Lipinski definition) is 6. The molecule has 134 valence electrons. The topological polar surface area (TPSA) is 80.8 Å². The van der Waals surface area contributed by atoms with Crippen LogP contribution in [0.25, 0.3) is 28.1 Å². The summed E-state index contributed by atoms with van der Waals surface area (Å²) in [6, 6.07) is 12.9. The Kier molecular flexibility index (Phi) is 3.78. The molecule has 1 aliphatic heterocycles. The maximum atomic E-state index is 13.5. The number of nitrogens with zero attached hydrogens (tertiary/aromatic N) is 4. The van der Waals surface area contributed by atoms with E-state index in [-0.39, 0.29) is 17.9 Å². The fourth-order valence-electron chi connectivity index (χ4n) is 3.42. The average Bonchev–Trinajstić information content (AvgIpc) is 3.27. The third-order valence-corrected chi connectivity index (χ3v) is 5.33. The summed E-state index contributed by atoms with van der Waals surface area (Å²) in [5.41, 5.74) is 3.90. The van der Waals surface area contributed by atoms with Crippen LogP contribution in [0.15, 0.2) is 64.3 Å². The van der Waals surface area contributed by atoms with Crippen LogP contribution in [0.4, 0.5) is 0 Å². The van der Waals surface area contributed by atoms with E-state index in [2.05, 4.69) is 16.0 Å². The Morgan fingerprint density at radius 1 is 1.11 bits per heavy atom. The van der Waals surface area contributed by atoms with Crippen molar-refractivity contribution in [2.24, 2.45) is 0 Å². The number of fused-ring (bicyclic) bond motifs is 3. The summed E-state index contributed by atoms with van der Waals surface area (Å²) in [4.78, 5) is 22.1. The smallest absolute Gasteiger partial charge is 0.263 e. The van der Waals surface area contributed by atoms with Crippen molar-refractivity contribution in [3.8, 4) is 39.9 Å². The summed E-state index contributed by atoms with van der Waals surface area (Å²) in [5, 5.41) is 13.3. The van der Waals surface area contributed by atoms with Gasteiger partial charge in [0.1, 0.15) is 29.8 Å². The maximum Gasteiger partial charge on any atom is 0.263 e. The standard InChI is InChI=1S/C21H12N4O2S/c22-10-17-14(3-1-6-23-17)15-9-16-18(11-27-19-4-2-7-24-20(16)19)25(21(15)26)13-5-8-28-12-13/h1-9,12H,11H2. The predicted molar refractivity (Wildman–Crippen MR) is 105 cm³/mol. The highest BCUT2D eigenvalue weighted by molar-refractivity contribution is 7.08. The van der Waals surface area contributed by atoms with E-state index in [1.165, 1.54) is 11.3 Å². The monoisotopic (exact) mass is 384 g/mol. The SMILES string of the molecule is N#Cc1ncccc1-c1cc2c(n(-c3ccsc3)c1=O)COc1cccnc1-2. The van der Waals surface area contributed by atoms with Crippen molar-refractivity contribution < 1.29 is 4.74 Å². The van der Waals surface area contributed by atoms with E-state index in [4.69, 9.17) is 4.74 Å². The molecule has 4 aromatic heterocycles. The first kappa shape index (κ1) is 16.4. The van der Waals surface area contributed by atoms with Crippen LogP contribution < -0.4 is 10.3 Å². The second-order valence-electron chi connectivity index (χ2n) is 6.19. The van der Waals surface area contributed by atoms with Gasteiger partial charge in [-0.15, -0.1) is 0 Å². The van der Waals surface area contributed by atoms with Gasteiger partial charge in [0.2, 0.25) is 0 Å². The molecule has 5 heterocycles. The molecule has 0 aliphatic carbocycles. The molecule has 0 saturated heterocycles. The van der Waals surface area contributed by atoms with Gasteiger partial charge in [0.05, 0.1) is 16.9 Å². The zero-order valence-corrected chi connectivity index (χ0v) is 15.3. The van der Waals surface area contributed by atoms with Gasteiger partial charge in [-0.3, -0.25) is 14.3 Å². The molecule has 4 aromatic rings. The third-order valence-electron chi connectivity index (χ3n) is 4.66. The van der Waals surface area contributed by atoms with Crippen LogP contribution in [-0.4, -0.2) is 14.5 Å². The molecule has 1 aliphatic rings. The second-order valence-corrected chi connectivity index (χ2v) is 6.97. The van der Waals surface area contributed by atoms with Gasteiger partial charge in [-0.05, 0) is 41.8 Å². The van der Waals surface area contributed by atoms with E-state index in [1.807, 2.05) is 29.0 Å². The van der Waals surface area contributed by atoms with E-state index in [0.29, 0.717) is 22.6 Å². The van der Waals surface area contributed by atoms with Gasteiger partial charge in [0.15, 0.2) is 0 Å². The summed E-state index contributed by atoms with van der Waals surface area (Å²) in [5.74, 6) is 0.670. The Hall–Kier alpha value is -3.76. The number of aromatic nitrogens is 3. The summed E-state index contributed by atoms with van der Waals surface area (Å²) in [7, 11) is 0. The van der Waals surface area contributed by atoms with Gasteiger partial charge < -0.3 is 4.74 Å². The molecule has 0 bridgehead atoms. The molecule has 0 radical (unpaired) electrons. The van der Waals surface area contributed by atoms with E-state index in [1.54, 1.807) is 35.2 Å². The highest BCUT2D eigenvalue weighted by Crippen LogP contribution is 2.37. The van der Waals surface area contributed by atoms with Crippen molar-refractivity contribution in [1.29, 1.82) is 5.26 Å². The van der Waals surface area contributed by atoms with E-state index in [0.717, 1.165) is 16.9 Å². The van der Waals surface area contributed by atoms with Crippen molar-refractivity contribution in [2.45, 2.75) is 6.61 Å². The largest absolute Gasteiger partial charge is 0.485 e. The number of ether oxygens (including phenoxy) is 1. The lowest BCUT2D eigenvalue weighted by Gasteiger charge is -2.24. The van der Waals surface area contributed by atoms with Gasteiger partial charge in [0.25, 0.3) is 5.56 Å². The van der Waals surface area contributed by atoms with Crippen LogP contribution in [0.5, 0.6) is 5.75 Å². The number of nitriles is 1. The van der Waals surface area contributed by atoms with Crippen molar-refractivity contribution in [3.63, 3.8) is 0 Å². The van der Waals surface area contributed by atoms with Crippen LogP contribution >= 0.6 is 11.3 Å². The molecule has 28 heavy (non-hydrogen) atoms. The molecule has 0 atom stereocenters. The molecule has 5 rings (SSSR count). The Labute approximate surface area is 164 Å². The fourth-order valence-corrected chi connectivity index (χ4v) is 4.04. The lowest BCUT2D eigenvalue weighted by Crippen LogP contribution is -2.27. The average molecular weight is 384 g/mol. The van der Waals surface area contributed by atoms with E-state index in [9.17, 15) is 10.1 Å². The Balaban J connectivity index is 1.90. The molecule has 7 heteroatoms. The Bertz CT molecular complexity index is 1300. The molecule has 0 amide bonds. The molecule has 0 aromatic carbocycles. The normalized spacial score (nSPS) is 11.8. The van der Waals surface area contributed by atoms with Crippen LogP contribution in [0.1, 0.15) is 11.4 Å². The third kappa shape index (κ3) is 2.43. The molecular formula is C21H12N4O2S. The second kappa shape index (κ2) is 6.44. The van der Waals surface area contributed by atoms with Gasteiger partial charge in [-0.2, -0.15) is 16.6 Å². The molecular weight excluding hydrogens is 372 g/mol. The van der Waals surface area contributed by atoms with Crippen molar-refractivity contribution in [2.75, 3.05) is 0 Å². The van der Waals surface area contributed by atoms with Crippen molar-refractivity contribution >= 4 is 11.3 Å². The fraction of sp³-hybridized carbons (Fsp3) is 0.0476. The Morgan fingerprint density at radius 2 is 1.96 bits per heavy atom. The number of hydrogen-bond donors (Lipinski definition) is 0. The lowest BCUT2D eigenvalue weighted by atomic mass is 9.98. The van der Waals surface area contributed by atoms with Crippen LogP contribution in [0.2, 0.25) is 0 Å². The van der Waals surface area contributed by atoms with Crippen LogP contribution in [0.3, 0.4) is 0 Å². The molecule has 0 saturated carbocycles.